The molecule has 0 unspecified atom stereocenters. The number of aliphatic carboxylic acids is 2. The van der Waals surface area contributed by atoms with E-state index in [4.69, 9.17) is 5.11 Å². The fraction of sp³-hybridized carbons (Fsp3) is 0.833. The van der Waals surface area contributed by atoms with Gasteiger partial charge in [0.15, 0.2) is 0 Å². The normalized spacial score (nSPS) is 29.9. The zero-order valence-electron chi connectivity index (χ0n) is 10.8. The zero-order valence-corrected chi connectivity index (χ0v) is 11.8. The first kappa shape index (κ1) is 14.2. The van der Waals surface area contributed by atoms with Crippen molar-refractivity contribution in [1.29, 1.82) is 0 Å². The van der Waals surface area contributed by atoms with E-state index in [0.29, 0.717) is 18.4 Å². The maximum atomic E-state index is 11.3. The fourth-order valence-corrected chi connectivity index (χ4v) is 4.81. The predicted molar refractivity (Wildman–Crippen MR) is 67.9 cm³/mol. The Balaban J connectivity index is 2.75. The molecule has 0 aromatic rings. The molecule has 0 aromatic carbocycles. The number of hydrogen-bond acceptors (Lipinski definition) is 2. The van der Waals surface area contributed by atoms with Gasteiger partial charge in [0.05, 0.1) is 11.8 Å². The number of carboxylic acid groups (broad SMARTS) is 2. The van der Waals surface area contributed by atoms with Crippen molar-refractivity contribution in [2.45, 2.75) is 57.3 Å². The topological polar surface area (TPSA) is 74.6 Å². The van der Waals surface area contributed by atoms with E-state index in [2.05, 4.69) is 19.6 Å². The molecule has 0 radical (unpaired) electrons. The molecule has 0 bridgehead atoms. The molecule has 2 N–H and O–H groups in total. The van der Waals surface area contributed by atoms with E-state index in [9.17, 15) is 14.7 Å². The minimum atomic E-state index is -1.23. The molecule has 98 valence electrons. The molecule has 0 spiro atoms. The van der Waals surface area contributed by atoms with Gasteiger partial charge in [-0.05, 0) is 18.4 Å². The van der Waals surface area contributed by atoms with Gasteiger partial charge in [0.25, 0.3) is 0 Å². The van der Waals surface area contributed by atoms with Crippen LogP contribution in [0.3, 0.4) is 0 Å². The summed E-state index contributed by atoms with van der Waals surface area (Å²) in [5.74, 6) is -1.94. The zero-order chi connectivity index (χ0) is 13.3. The molecule has 17 heavy (non-hydrogen) atoms. The van der Waals surface area contributed by atoms with Gasteiger partial charge in [0, 0.05) is 8.07 Å². The van der Waals surface area contributed by atoms with E-state index < -0.39 is 25.4 Å². The number of rotatable bonds is 4. The molecule has 0 aliphatic heterocycles. The van der Waals surface area contributed by atoms with Crippen molar-refractivity contribution in [1.82, 2.24) is 0 Å². The fourth-order valence-electron chi connectivity index (χ4n) is 2.79. The van der Waals surface area contributed by atoms with Crippen LogP contribution < -0.4 is 0 Å². The van der Waals surface area contributed by atoms with Crippen LogP contribution in [0.5, 0.6) is 0 Å². The van der Waals surface area contributed by atoms with E-state index in [1.165, 1.54) is 0 Å². The largest absolute Gasteiger partial charge is 0.481 e. The van der Waals surface area contributed by atoms with Crippen molar-refractivity contribution < 1.29 is 19.8 Å². The van der Waals surface area contributed by atoms with Crippen LogP contribution in [0.1, 0.15) is 32.1 Å². The van der Waals surface area contributed by atoms with Crippen LogP contribution in [0.15, 0.2) is 0 Å². The summed E-state index contributed by atoms with van der Waals surface area (Å²) in [7, 11) is -1.23. The second-order valence-corrected chi connectivity index (χ2v) is 11.8. The van der Waals surface area contributed by atoms with E-state index in [1.54, 1.807) is 0 Å². The molecule has 1 aliphatic rings. The highest BCUT2D eigenvalue weighted by Crippen LogP contribution is 2.47. The van der Waals surface area contributed by atoms with Crippen LogP contribution >= 0.6 is 0 Å². The average Bonchev–Trinajstić information content (AvgIpc) is 2.15. The molecular weight excluding hydrogens is 236 g/mol. The third kappa shape index (κ3) is 3.31. The van der Waals surface area contributed by atoms with Crippen LogP contribution in [0, 0.1) is 5.41 Å². The number of hydrogen-bond donors (Lipinski definition) is 2. The van der Waals surface area contributed by atoms with E-state index in [-0.39, 0.29) is 6.42 Å². The van der Waals surface area contributed by atoms with E-state index in [1.807, 2.05) is 0 Å². The van der Waals surface area contributed by atoms with Crippen LogP contribution in [0.2, 0.25) is 25.2 Å². The van der Waals surface area contributed by atoms with Crippen LogP contribution in [0.25, 0.3) is 0 Å². The molecule has 0 heterocycles. The smallest absolute Gasteiger partial charge is 0.310 e. The number of carbonyl (C=O) groups is 2. The summed E-state index contributed by atoms with van der Waals surface area (Å²) in [5, 5.41) is 18.1. The van der Waals surface area contributed by atoms with Crippen molar-refractivity contribution in [2.75, 3.05) is 0 Å². The van der Waals surface area contributed by atoms with Crippen molar-refractivity contribution in [3.05, 3.63) is 0 Å². The van der Waals surface area contributed by atoms with Crippen LogP contribution in [-0.2, 0) is 9.59 Å². The van der Waals surface area contributed by atoms with Gasteiger partial charge < -0.3 is 10.2 Å². The Kier molecular flexibility index (Phi) is 4.01. The third-order valence-electron chi connectivity index (χ3n) is 4.11. The Hall–Kier alpha value is -0.843. The lowest BCUT2D eigenvalue weighted by molar-refractivity contribution is -0.157. The highest BCUT2D eigenvalue weighted by atomic mass is 28.3. The summed E-state index contributed by atoms with van der Waals surface area (Å²) in [6, 6.07) is 0. The standard InChI is InChI=1S/C12H22O4Si/c1-17(2,3)9-4-6-12(7-5-9,11(15)16)8-10(13)14/h9H,4-8H2,1-3H3,(H,13,14)(H,15,16). The lowest BCUT2D eigenvalue weighted by Crippen LogP contribution is -2.40. The molecule has 0 amide bonds. The maximum absolute atomic E-state index is 11.3. The minimum Gasteiger partial charge on any atom is -0.481 e. The molecule has 1 fully saturated rings. The highest BCUT2D eigenvalue weighted by molar-refractivity contribution is 6.77. The molecule has 1 saturated carbocycles. The summed E-state index contributed by atoms with van der Waals surface area (Å²) in [4.78, 5) is 22.1. The molecule has 0 saturated heterocycles. The van der Waals surface area contributed by atoms with Gasteiger partial charge in [0.2, 0.25) is 0 Å². The average molecular weight is 258 g/mol. The van der Waals surface area contributed by atoms with Gasteiger partial charge in [-0.25, -0.2) is 0 Å². The van der Waals surface area contributed by atoms with Crippen molar-refractivity contribution in [2.24, 2.45) is 5.41 Å². The maximum Gasteiger partial charge on any atom is 0.310 e. The third-order valence-corrected chi connectivity index (χ3v) is 7.14. The van der Waals surface area contributed by atoms with E-state index >= 15 is 0 Å². The van der Waals surface area contributed by atoms with Crippen molar-refractivity contribution in [3.8, 4) is 0 Å². The molecular formula is C12H22O4Si. The van der Waals surface area contributed by atoms with Gasteiger partial charge in [-0.3, -0.25) is 9.59 Å². The SMILES string of the molecule is C[Si](C)(C)C1CCC(CC(=O)O)(C(=O)O)CC1. The molecule has 4 nitrogen and oxygen atoms in total. The number of carboxylic acids is 2. The van der Waals surface area contributed by atoms with Crippen LogP contribution in [0.4, 0.5) is 0 Å². The lowest BCUT2D eigenvalue weighted by Gasteiger charge is -2.40. The second kappa shape index (κ2) is 4.80. The monoisotopic (exact) mass is 258 g/mol. The Bertz CT molecular complexity index is 311. The lowest BCUT2D eigenvalue weighted by atomic mass is 9.71. The molecule has 1 aliphatic carbocycles. The Morgan fingerprint density at radius 3 is 1.94 bits per heavy atom. The van der Waals surface area contributed by atoms with Gasteiger partial charge in [-0.1, -0.05) is 32.5 Å². The first-order valence-corrected chi connectivity index (χ1v) is 9.70. The molecule has 1 rings (SSSR count). The molecule has 0 atom stereocenters. The highest BCUT2D eigenvalue weighted by Gasteiger charge is 2.45. The summed E-state index contributed by atoms with van der Waals surface area (Å²) < 4.78 is 0. The summed E-state index contributed by atoms with van der Waals surface area (Å²) in [5.41, 5.74) is -0.383. The summed E-state index contributed by atoms with van der Waals surface area (Å²) in [6.07, 6.45) is 2.54. The van der Waals surface area contributed by atoms with Crippen molar-refractivity contribution in [3.63, 3.8) is 0 Å². The molecule has 0 aromatic heterocycles. The van der Waals surface area contributed by atoms with E-state index in [0.717, 1.165) is 12.8 Å². The second-order valence-electron chi connectivity index (χ2n) is 6.30. The quantitative estimate of drug-likeness (QED) is 0.760. The van der Waals surface area contributed by atoms with Crippen LogP contribution in [-0.4, -0.2) is 30.2 Å². The Morgan fingerprint density at radius 1 is 1.18 bits per heavy atom. The molecule has 5 heteroatoms. The minimum absolute atomic E-state index is 0.235. The summed E-state index contributed by atoms with van der Waals surface area (Å²) in [6.45, 7) is 6.88. The van der Waals surface area contributed by atoms with Gasteiger partial charge in [-0.2, -0.15) is 0 Å². The van der Waals surface area contributed by atoms with Gasteiger partial charge in [-0.15, -0.1) is 0 Å². The predicted octanol–water partition coefficient (Wildman–Crippen LogP) is 2.81. The first-order chi connectivity index (χ1) is 7.67. The van der Waals surface area contributed by atoms with Crippen molar-refractivity contribution >= 4 is 20.0 Å². The van der Waals surface area contributed by atoms with Gasteiger partial charge >= 0.3 is 11.9 Å². The Labute approximate surface area is 103 Å². The summed E-state index contributed by atoms with van der Waals surface area (Å²) >= 11 is 0. The van der Waals surface area contributed by atoms with Gasteiger partial charge in [0.1, 0.15) is 0 Å². The first-order valence-electron chi connectivity index (χ1n) is 6.12. The Morgan fingerprint density at radius 2 is 1.65 bits per heavy atom.